The molecule has 0 unspecified atom stereocenters. The van der Waals surface area contributed by atoms with Crippen molar-refractivity contribution in [3.8, 4) is 0 Å². The molecule has 0 aliphatic heterocycles. The molecule has 0 aromatic heterocycles. The molecule has 0 bridgehead atoms. The smallest absolute Gasteiger partial charge is 0.325 e. The summed E-state index contributed by atoms with van der Waals surface area (Å²) < 4.78 is 0. The van der Waals surface area contributed by atoms with Crippen LogP contribution in [0.2, 0.25) is 0 Å². The zero-order valence-corrected chi connectivity index (χ0v) is 5.61. The Hall–Kier alpha value is -0.500. The number of carboxylic acid groups (broad SMARTS) is 1. The van der Waals surface area contributed by atoms with Gasteiger partial charge in [0, 0.05) is 0 Å². The predicted molar refractivity (Wildman–Crippen MR) is 34.6 cm³/mol. The molecule has 2 nitrogen and oxygen atoms in total. The van der Waals surface area contributed by atoms with E-state index in [1.165, 1.54) is 0 Å². The number of halogens is 1. The van der Waals surface area contributed by atoms with Crippen molar-refractivity contribution in [2.75, 3.05) is 0 Å². The highest BCUT2D eigenvalue weighted by Gasteiger charge is 2.44. The van der Waals surface area contributed by atoms with E-state index in [9.17, 15) is 4.79 Å². The summed E-state index contributed by atoms with van der Waals surface area (Å²) in [6.45, 7) is 3.59. The van der Waals surface area contributed by atoms with Crippen LogP contribution in [0.25, 0.3) is 0 Å². The van der Waals surface area contributed by atoms with Gasteiger partial charge < -0.3 is 5.11 Å². The fourth-order valence-electron chi connectivity index (χ4n) is 0.892. The van der Waals surface area contributed by atoms with E-state index < -0.39 is 10.8 Å². The highest BCUT2D eigenvalue weighted by molar-refractivity contribution is 6.35. The Bertz CT molecular complexity index is 166. The molecular weight excluding hydrogens is 140 g/mol. The molecule has 1 fully saturated rings. The highest BCUT2D eigenvalue weighted by atomic mass is 35.5. The van der Waals surface area contributed by atoms with Crippen LogP contribution in [0, 0.1) is 0 Å². The molecule has 0 spiro atoms. The number of rotatable bonds is 1. The van der Waals surface area contributed by atoms with Crippen molar-refractivity contribution in [3.63, 3.8) is 0 Å². The fraction of sp³-hybridized carbons (Fsp3) is 0.500. The number of hydrogen-bond acceptors (Lipinski definition) is 1. The Labute approximate surface area is 58.1 Å². The van der Waals surface area contributed by atoms with Crippen LogP contribution in [0.1, 0.15) is 12.8 Å². The lowest BCUT2D eigenvalue weighted by Gasteiger charge is -2.33. The third-order valence-corrected chi connectivity index (χ3v) is 1.87. The molecule has 0 amide bonds. The van der Waals surface area contributed by atoms with Crippen molar-refractivity contribution in [2.45, 2.75) is 17.7 Å². The second kappa shape index (κ2) is 1.74. The standard InChI is InChI=1S/C6H7ClO2/c1-4-2-6(7,3-4)5(8)9/h1-3H2,(H,8,9). The first kappa shape index (κ1) is 6.62. The summed E-state index contributed by atoms with van der Waals surface area (Å²) >= 11 is 5.58. The van der Waals surface area contributed by atoms with Crippen molar-refractivity contribution in [1.82, 2.24) is 0 Å². The third-order valence-electron chi connectivity index (χ3n) is 1.44. The van der Waals surface area contributed by atoms with Crippen LogP contribution in [0.4, 0.5) is 0 Å². The summed E-state index contributed by atoms with van der Waals surface area (Å²) in [5.74, 6) is -0.934. The average molecular weight is 147 g/mol. The van der Waals surface area contributed by atoms with Gasteiger partial charge in [0.1, 0.15) is 4.87 Å². The maximum atomic E-state index is 10.3. The zero-order valence-electron chi connectivity index (χ0n) is 4.85. The van der Waals surface area contributed by atoms with Crippen LogP contribution >= 0.6 is 11.6 Å². The van der Waals surface area contributed by atoms with Gasteiger partial charge in [-0.15, -0.1) is 11.6 Å². The van der Waals surface area contributed by atoms with Gasteiger partial charge in [0.25, 0.3) is 0 Å². The normalized spacial score (nSPS) is 23.0. The van der Waals surface area contributed by atoms with Gasteiger partial charge in [-0.3, -0.25) is 4.79 Å². The number of alkyl halides is 1. The van der Waals surface area contributed by atoms with E-state index in [-0.39, 0.29) is 0 Å². The molecule has 1 N–H and O–H groups in total. The molecule has 0 aromatic carbocycles. The summed E-state index contributed by atoms with van der Waals surface area (Å²) in [6.07, 6.45) is 0.841. The fourth-order valence-corrected chi connectivity index (χ4v) is 1.27. The number of carboxylic acids is 1. The van der Waals surface area contributed by atoms with E-state index in [1.807, 2.05) is 0 Å². The van der Waals surface area contributed by atoms with Gasteiger partial charge in [-0.25, -0.2) is 0 Å². The molecule has 0 radical (unpaired) electrons. The van der Waals surface area contributed by atoms with E-state index in [1.54, 1.807) is 0 Å². The predicted octanol–water partition coefficient (Wildman–Crippen LogP) is 1.40. The Morgan fingerprint density at radius 2 is 2.22 bits per heavy atom. The molecular formula is C6H7ClO2. The van der Waals surface area contributed by atoms with Crippen molar-refractivity contribution in [2.24, 2.45) is 0 Å². The lowest BCUT2D eigenvalue weighted by Crippen LogP contribution is -2.40. The molecule has 3 heteroatoms. The Morgan fingerprint density at radius 1 is 1.78 bits per heavy atom. The molecule has 9 heavy (non-hydrogen) atoms. The van der Waals surface area contributed by atoms with E-state index in [0.29, 0.717) is 12.8 Å². The molecule has 1 saturated carbocycles. The van der Waals surface area contributed by atoms with Gasteiger partial charge in [-0.2, -0.15) is 0 Å². The molecule has 50 valence electrons. The third kappa shape index (κ3) is 0.944. The lowest BCUT2D eigenvalue weighted by atomic mass is 9.80. The minimum atomic E-state index is -1.02. The summed E-state index contributed by atoms with van der Waals surface area (Å²) in [6, 6.07) is 0. The Balaban J connectivity index is 2.60. The number of allylic oxidation sites excluding steroid dienone is 1. The van der Waals surface area contributed by atoms with Gasteiger partial charge in [-0.05, 0) is 12.8 Å². The summed E-state index contributed by atoms with van der Waals surface area (Å²) in [4.78, 5) is 9.26. The number of aliphatic carboxylic acids is 1. The van der Waals surface area contributed by atoms with Crippen molar-refractivity contribution < 1.29 is 9.90 Å². The second-order valence-electron chi connectivity index (χ2n) is 2.37. The molecule has 0 atom stereocenters. The van der Waals surface area contributed by atoms with E-state index in [4.69, 9.17) is 16.7 Å². The first-order valence-electron chi connectivity index (χ1n) is 2.63. The van der Waals surface area contributed by atoms with Gasteiger partial charge >= 0.3 is 5.97 Å². The molecule has 0 aromatic rings. The van der Waals surface area contributed by atoms with Crippen LogP contribution in [0.15, 0.2) is 12.2 Å². The van der Waals surface area contributed by atoms with Crippen LogP contribution in [0.3, 0.4) is 0 Å². The highest BCUT2D eigenvalue weighted by Crippen LogP contribution is 2.41. The van der Waals surface area contributed by atoms with Crippen molar-refractivity contribution >= 4 is 17.6 Å². The first-order chi connectivity index (χ1) is 4.04. The first-order valence-corrected chi connectivity index (χ1v) is 3.01. The second-order valence-corrected chi connectivity index (χ2v) is 3.10. The summed E-state index contributed by atoms with van der Waals surface area (Å²) in [5.41, 5.74) is 0.924. The Kier molecular flexibility index (Phi) is 1.28. The van der Waals surface area contributed by atoms with Gasteiger partial charge in [0.15, 0.2) is 0 Å². The molecule has 1 rings (SSSR count). The van der Waals surface area contributed by atoms with Crippen LogP contribution < -0.4 is 0 Å². The monoisotopic (exact) mass is 146 g/mol. The largest absolute Gasteiger partial charge is 0.480 e. The lowest BCUT2D eigenvalue weighted by molar-refractivity contribution is -0.141. The maximum absolute atomic E-state index is 10.3. The van der Waals surface area contributed by atoms with Crippen LogP contribution in [0.5, 0.6) is 0 Å². The minimum absolute atomic E-state index is 0.421. The van der Waals surface area contributed by atoms with E-state index >= 15 is 0 Å². The summed E-state index contributed by atoms with van der Waals surface area (Å²) in [5, 5.41) is 8.44. The van der Waals surface area contributed by atoms with Gasteiger partial charge in [-0.1, -0.05) is 12.2 Å². The van der Waals surface area contributed by atoms with Gasteiger partial charge in [0.05, 0.1) is 0 Å². The molecule has 0 saturated heterocycles. The SMILES string of the molecule is C=C1CC(Cl)(C(=O)O)C1. The maximum Gasteiger partial charge on any atom is 0.325 e. The average Bonchev–Trinajstić information content (AvgIpc) is 1.62. The van der Waals surface area contributed by atoms with Crippen LogP contribution in [-0.2, 0) is 4.79 Å². The van der Waals surface area contributed by atoms with E-state index in [0.717, 1.165) is 5.57 Å². The zero-order chi connectivity index (χ0) is 7.07. The Morgan fingerprint density at radius 3 is 2.33 bits per heavy atom. The topological polar surface area (TPSA) is 37.3 Å². The number of hydrogen-bond donors (Lipinski definition) is 1. The van der Waals surface area contributed by atoms with Crippen molar-refractivity contribution in [1.29, 1.82) is 0 Å². The van der Waals surface area contributed by atoms with E-state index in [2.05, 4.69) is 6.58 Å². The number of carbonyl (C=O) groups is 1. The molecule has 1 aliphatic carbocycles. The minimum Gasteiger partial charge on any atom is -0.480 e. The van der Waals surface area contributed by atoms with Crippen molar-refractivity contribution in [3.05, 3.63) is 12.2 Å². The van der Waals surface area contributed by atoms with Crippen LogP contribution in [-0.4, -0.2) is 16.0 Å². The molecule has 0 heterocycles. The quantitative estimate of drug-likeness (QED) is 0.449. The molecule has 1 aliphatic rings. The summed E-state index contributed by atoms with van der Waals surface area (Å²) in [7, 11) is 0. The van der Waals surface area contributed by atoms with Gasteiger partial charge in [0.2, 0.25) is 0 Å².